The van der Waals surface area contributed by atoms with Crippen LogP contribution < -0.4 is 20.5 Å². The molecule has 0 fully saturated rings. The van der Waals surface area contributed by atoms with Crippen LogP contribution in [-0.4, -0.2) is 57.7 Å². The van der Waals surface area contributed by atoms with Crippen molar-refractivity contribution in [2.45, 2.75) is 39.3 Å². The Morgan fingerprint density at radius 1 is 1.17 bits per heavy atom. The summed E-state index contributed by atoms with van der Waals surface area (Å²) < 4.78 is 5.39. The summed E-state index contributed by atoms with van der Waals surface area (Å²) in [5.41, 5.74) is 2.18. The highest BCUT2D eigenvalue weighted by Crippen LogP contribution is 2.27. The number of hydrogen-bond donors (Lipinski definition) is 4. The fraction of sp³-hybridized carbons (Fsp3) is 0.320. The molecule has 3 aromatic rings. The van der Waals surface area contributed by atoms with Gasteiger partial charge >= 0.3 is 11.9 Å². The summed E-state index contributed by atoms with van der Waals surface area (Å²) in [6.07, 6.45) is -0.640. The predicted molar refractivity (Wildman–Crippen MR) is 133 cm³/mol. The number of benzene rings is 2. The molecule has 1 aromatic heterocycles. The van der Waals surface area contributed by atoms with Crippen LogP contribution in [0.5, 0.6) is 5.75 Å². The molecule has 3 rings (SSSR count). The van der Waals surface area contributed by atoms with E-state index in [1.54, 1.807) is 31.2 Å². The molecule has 0 aliphatic rings. The van der Waals surface area contributed by atoms with Crippen molar-refractivity contribution in [1.82, 2.24) is 15.3 Å². The Kier molecular flexibility index (Phi) is 8.26. The lowest BCUT2D eigenvalue weighted by Crippen LogP contribution is -2.41. The maximum Gasteiger partial charge on any atom is 0.326 e. The molecule has 11 nitrogen and oxygen atoms in total. The Morgan fingerprint density at radius 2 is 1.92 bits per heavy atom. The zero-order valence-corrected chi connectivity index (χ0v) is 20.2. The lowest BCUT2D eigenvalue weighted by atomic mass is 10.1. The van der Waals surface area contributed by atoms with Crippen LogP contribution in [0.3, 0.4) is 0 Å². The normalized spacial score (nSPS) is 11.6. The summed E-state index contributed by atoms with van der Waals surface area (Å²) in [7, 11) is 1.40. The lowest BCUT2D eigenvalue weighted by molar-refractivity contribution is -0.140. The van der Waals surface area contributed by atoms with Crippen molar-refractivity contribution in [1.29, 1.82) is 0 Å². The molecule has 1 amide bonds. The molecule has 0 unspecified atom stereocenters. The Morgan fingerprint density at radius 3 is 2.56 bits per heavy atom. The highest BCUT2D eigenvalue weighted by molar-refractivity contribution is 5.99. The zero-order valence-electron chi connectivity index (χ0n) is 20.2. The van der Waals surface area contributed by atoms with Gasteiger partial charge in [-0.05, 0) is 50.1 Å². The van der Waals surface area contributed by atoms with E-state index in [0.29, 0.717) is 29.8 Å². The highest BCUT2D eigenvalue weighted by Gasteiger charge is 2.24. The van der Waals surface area contributed by atoms with Gasteiger partial charge in [0.25, 0.3) is 11.5 Å². The predicted octanol–water partition coefficient (Wildman–Crippen LogP) is 2.31. The number of carboxylic acid groups (broad SMARTS) is 2. The number of carbonyl (C=O) groups excluding carboxylic acids is 1. The third-order valence-corrected chi connectivity index (χ3v) is 5.69. The van der Waals surface area contributed by atoms with Crippen LogP contribution in [0.2, 0.25) is 0 Å². The Labute approximate surface area is 206 Å². The van der Waals surface area contributed by atoms with E-state index in [1.165, 1.54) is 13.2 Å². The smallest absolute Gasteiger partial charge is 0.326 e. The average molecular weight is 497 g/mol. The molecule has 0 aliphatic heterocycles. The number of aromatic amines is 1. The van der Waals surface area contributed by atoms with E-state index in [9.17, 15) is 24.3 Å². The van der Waals surface area contributed by atoms with Crippen molar-refractivity contribution in [3.63, 3.8) is 0 Å². The molecular weight excluding hydrogens is 468 g/mol. The van der Waals surface area contributed by atoms with Gasteiger partial charge in [0, 0.05) is 31.3 Å². The first kappa shape index (κ1) is 26.2. The lowest BCUT2D eigenvalue weighted by Gasteiger charge is -2.24. The first-order valence-electron chi connectivity index (χ1n) is 11.3. The summed E-state index contributed by atoms with van der Waals surface area (Å²) in [5, 5.41) is 21.0. The minimum atomic E-state index is -1.35. The number of methoxy groups -OCH3 is 1. The van der Waals surface area contributed by atoms with Gasteiger partial charge in [0.2, 0.25) is 0 Å². The minimum Gasteiger partial charge on any atom is -0.496 e. The molecule has 11 heteroatoms. The molecule has 0 saturated carbocycles. The topological polar surface area (TPSA) is 162 Å². The van der Waals surface area contributed by atoms with E-state index in [1.807, 2.05) is 17.9 Å². The summed E-state index contributed by atoms with van der Waals surface area (Å²) in [4.78, 5) is 56.4. The summed E-state index contributed by atoms with van der Waals surface area (Å²) in [6.45, 7) is 4.78. The summed E-state index contributed by atoms with van der Waals surface area (Å²) in [5.74, 6) is -2.38. The molecule has 0 spiro atoms. The van der Waals surface area contributed by atoms with Gasteiger partial charge in [0.05, 0.1) is 23.6 Å². The second-order valence-corrected chi connectivity index (χ2v) is 8.20. The maximum absolute atomic E-state index is 12.8. The third kappa shape index (κ3) is 6.17. The van der Waals surface area contributed by atoms with Crippen LogP contribution in [0.25, 0.3) is 10.9 Å². The molecule has 0 radical (unpaired) electrons. The SMILES string of the molecule is CCN(Cc1ccc2nc(C)[nH]c(=O)c2c1)c1ccc(C(=O)N[C@@H](CCC(=O)O)C(=O)O)c(OC)c1. The molecule has 4 N–H and O–H groups in total. The number of rotatable bonds is 11. The number of carbonyl (C=O) groups is 3. The van der Waals surface area contributed by atoms with Crippen LogP contribution in [0.15, 0.2) is 41.2 Å². The van der Waals surface area contributed by atoms with Crippen LogP contribution in [-0.2, 0) is 16.1 Å². The molecule has 2 aromatic carbocycles. The van der Waals surface area contributed by atoms with Crippen LogP contribution in [0, 0.1) is 6.92 Å². The molecule has 36 heavy (non-hydrogen) atoms. The summed E-state index contributed by atoms with van der Waals surface area (Å²) >= 11 is 0. The largest absolute Gasteiger partial charge is 0.496 e. The van der Waals surface area contributed by atoms with E-state index >= 15 is 0 Å². The number of aliphatic carboxylic acids is 2. The zero-order chi connectivity index (χ0) is 26.4. The summed E-state index contributed by atoms with van der Waals surface area (Å²) in [6, 6.07) is 9.07. The number of nitrogens with zero attached hydrogens (tertiary/aromatic N) is 2. The fourth-order valence-electron chi connectivity index (χ4n) is 3.83. The van der Waals surface area contributed by atoms with Gasteiger partial charge in [-0.2, -0.15) is 0 Å². The second-order valence-electron chi connectivity index (χ2n) is 8.20. The van der Waals surface area contributed by atoms with Crippen LogP contribution in [0.4, 0.5) is 5.69 Å². The number of aromatic nitrogens is 2. The molecule has 0 bridgehead atoms. The number of ether oxygens (including phenoxy) is 1. The van der Waals surface area contributed by atoms with Gasteiger partial charge in [-0.15, -0.1) is 0 Å². The number of aryl methyl sites for hydroxylation is 1. The number of anilines is 1. The Balaban J connectivity index is 1.83. The van der Waals surface area contributed by atoms with Gasteiger partial charge in [0.15, 0.2) is 0 Å². The number of amides is 1. The number of H-pyrrole nitrogens is 1. The van der Waals surface area contributed by atoms with Crippen molar-refractivity contribution in [3.05, 3.63) is 63.7 Å². The van der Waals surface area contributed by atoms with E-state index in [0.717, 1.165) is 11.3 Å². The minimum absolute atomic E-state index is 0.123. The second kappa shape index (κ2) is 11.3. The van der Waals surface area contributed by atoms with Crippen molar-refractivity contribution in [2.75, 3.05) is 18.6 Å². The highest BCUT2D eigenvalue weighted by atomic mass is 16.5. The fourth-order valence-corrected chi connectivity index (χ4v) is 3.83. The maximum atomic E-state index is 12.8. The van der Waals surface area contributed by atoms with E-state index in [-0.39, 0.29) is 23.3 Å². The third-order valence-electron chi connectivity index (χ3n) is 5.69. The van der Waals surface area contributed by atoms with Crippen LogP contribution >= 0.6 is 0 Å². The van der Waals surface area contributed by atoms with E-state index in [4.69, 9.17) is 9.84 Å². The van der Waals surface area contributed by atoms with Crippen molar-refractivity contribution >= 4 is 34.4 Å². The van der Waals surface area contributed by atoms with Gasteiger partial charge < -0.3 is 30.2 Å². The number of carboxylic acids is 2. The molecule has 190 valence electrons. The Hall–Kier alpha value is -4.41. The van der Waals surface area contributed by atoms with E-state index < -0.39 is 30.3 Å². The quantitative estimate of drug-likeness (QED) is 0.312. The first-order valence-corrected chi connectivity index (χ1v) is 11.3. The first-order chi connectivity index (χ1) is 17.1. The number of hydrogen-bond acceptors (Lipinski definition) is 7. The van der Waals surface area contributed by atoms with Crippen molar-refractivity contribution in [2.24, 2.45) is 0 Å². The van der Waals surface area contributed by atoms with Crippen LogP contribution in [0.1, 0.15) is 41.5 Å². The van der Waals surface area contributed by atoms with Crippen molar-refractivity contribution < 1.29 is 29.3 Å². The molecule has 0 saturated heterocycles. The van der Waals surface area contributed by atoms with Gasteiger partial charge in [-0.1, -0.05) is 6.07 Å². The molecular formula is C25H28N4O7. The number of fused-ring (bicyclic) bond motifs is 1. The van der Waals surface area contributed by atoms with Gasteiger partial charge in [0.1, 0.15) is 17.6 Å². The standard InChI is InChI=1S/C25H28N4O7/c1-4-29(13-15-5-8-19-18(11-15)24(33)27-14(2)26-19)16-6-7-17(21(12-16)36-3)23(32)28-20(25(34)35)9-10-22(30)31/h5-8,11-12,20H,4,9-10,13H2,1-3H3,(H,28,32)(H,30,31)(H,34,35)(H,26,27,33)/t20-/m0/s1. The molecule has 1 heterocycles. The van der Waals surface area contributed by atoms with Crippen molar-refractivity contribution in [3.8, 4) is 5.75 Å². The average Bonchev–Trinajstić information content (AvgIpc) is 2.84. The molecule has 1 atom stereocenters. The molecule has 0 aliphatic carbocycles. The number of nitrogens with one attached hydrogen (secondary N) is 2. The Bertz CT molecular complexity index is 1350. The monoisotopic (exact) mass is 496 g/mol. The van der Waals surface area contributed by atoms with Gasteiger partial charge in [-0.25, -0.2) is 9.78 Å². The van der Waals surface area contributed by atoms with E-state index in [2.05, 4.69) is 15.3 Å². The van der Waals surface area contributed by atoms with Gasteiger partial charge in [-0.3, -0.25) is 14.4 Å².